The van der Waals surface area contributed by atoms with Crippen molar-refractivity contribution in [2.75, 3.05) is 6.61 Å². The van der Waals surface area contributed by atoms with Gasteiger partial charge in [0.25, 0.3) is 0 Å². The molecule has 0 amide bonds. The van der Waals surface area contributed by atoms with Crippen molar-refractivity contribution in [3.63, 3.8) is 0 Å². The molecule has 0 spiro atoms. The molecule has 1 fully saturated rings. The molecule has 0 N–H and O–H groups in total. The molecule has 0 heterocycles. The summed E-state index contributed by atoms with van der Waals surface area (Å²) >= 11 is 0. The third-order valence-corrected chi connectivity index (χ3v) is 2.01. The molecule has 0 bridgehead atoms. The maximum absolute atomic E-state index is 10.2. The molecule has 0 aromatic carbocycles. The highest BCUT2D eigenvalue weighted by Crippen LogP contribution is 2.47. The van der Waals surface area contributed by atoms with Gasteiger partial charge in [-0.05, 0) is 24.7 Å². The molecular weight excluding hydrogens is 88.1 g/mol. The molecule has 0 aliphatic heterocycles. The fraction of sp³-hybridized carbons (Fsp3) is 1.00. The highest BCUT2D eigenvalue weighted by atomic mass is 16.3. The van der Waals surface area contributed by atoms with Gasteiger partial charge in [-0.15, -0.1) is 0 Å². The van der Waals surface area contributed by atoms with Gasteiger partial charge >= 0.3 is 0 Å². The minimum atomic E-state index is 0.156. The zero-order valence-corrected chi connectivity index (χ0v) is 4.74. The minimum absolute atomic E-state index is 0.156. The van der Waals surface area contributed by atoms with Crippen molar-refractivity contribution < 1.29 is 5.11 Å². The summed E-state index contributed by atoms with van der Waals surface area (Å²) in [6.07, 6.45) is 3.47. The van der Waals surface area contributed by atoms with Crippen molar-refractivity contribution in [3.8, 4) is 0 Å². The van der Waals surface area contributed by atoms with Crippen LogP contribution in [0.1, 0.15) is 26.2 Å². The molecule has 1 heteroatoms. The van der Waals surface area contributed by atoms with E-state index in [1.807, 2.05) is 0 Å². The molecule has 0 saturated heterocycles. The van der Waals surface area contributed by atoms with Crippen molar-refractivity contribution in [3.05, 3.63) is 0 Å². The Hall–Kier alpha value is -0.0400. The van der Waals surface area contributed by atoms with E-state index in [0.717, 1.165) is 6.42 Å². The second-order valence-corrected chi connectivity index (χ2v) is 2.50. The first kappa shape index (κ1) is 5.10. The van der Waals surface area contributed by atoms with E-state index in [0.29, 0.717) is 0 Å². The average Bonchev–Trinajstić information content (AvgIpc) is 2.46. The molecule has 1 aliphatic carbocycles. The second-order valence-electron chi connectivity index (χ2n) is 2.50. The van der Waals surface area contributed by atoms with Gasteiger partial charge in [-0.2, -0.15) is 0 Å². The first-order valence-corrected chi connectivity index (χ1v) is 2.91. The van der Waals surface area contributed by atoms with E-state index in [-0.39, 0.29) is 12.0 Å². The van der Waals surface area contributed by atoms with E-state index in [4.69, 9.17) is 0 Å². The van der Waals surface area contributed by atoms with Crippen LogP contribution in [-0.4, -0.2) is 6.61 Å². The predicted molar refractivity (Wildman–Crippen MR) is 27.5 cm³/mol. The minimum Gasteiger partial charge on any atom is -0.236 e. The summed E-state index contributed by atoms with van der Waals surface area (Å²) in [5.74, 6) is 0. The SMILES string of the molecule is CCC1(C[O])CC1. The van der Waals surface area contributed by atoms with Crippen molar-refractivity contribution in [2.45, 2.75) is 26.2 Å². The lowest BCUT2D eigenvalue weighted by atomic mass is 10.1. The molecule has 0 atom stereocenters. The third kappa shape index (κ3) is 0.778. The van der Waals surface area contributed by atoms with Crippen LogP contribution in [0.5, 0.6) is 0 Å². The molecule has 1 radical (unpaired) electrons. The van der Waals surface area contributed by atoms with E-state index in [1.165, 1.54) is 12.8 Å². The van der Waals surface area contributed by atoms with Crippen LogP contribution < -0.4 is 0 Å². The van der Waals surface area contributed by atoms with Crippen molar-refractivity contribution in [1.82, 2.24) is 0 Å². The van der Waals surface area contributed by atoms with Crippen molar-refractivity contribution >= 4 is 0 Å². The fourth-order valence-corrected chi connectivity index (χ4v) is 0.777. The second kappa shape index (κ2) is 1.48. The first-order valence-electron chi connectivity index (χ1n) is 2.91. The molecule has 41 valence electrons. The lowest BCUT2D eigenvalue weighted by molar-refractivity contribution is 0.129. The molecule has 1 rings (SSSR count). The van der Waals surface area contributed by atoms with Crippen molar-refractivity contribution in [1.29, 1.82) is 0 Å². The summed E-state index contributed by atoms with van der Waals surface area (Å²) < 4.78 is 0. The maximum Gasteiger partial charge on any atom is 0.0878 e. The van der Waals surface area contributed by atoms with Gasteiger partial charge in [0.1, 0.15) is 0 Å². The van der Waals surface area contributed by atoms with Crippen LogP contribution in [-0.2, 0) is 5.11 Å². The molecule has 1 aliphatic rings. The molecular formula is C6H11O. The van der Waals surface area contributed by atoms with Gasteiger partial charge in [-0.25, -0.2) is 5.11 Å². The largest absolute Gasteiger partial charge is 0.236 e. The number of rotatable bonds is 2. The van der Waals surface area contributed by atoms with Gasteiger partial charge < -0.3 is 0 Å². The van der Waals surface area contributed by atoms with Crippen LogP contribution in [0.3, 0.4) is 0 Å². The number of hydrogen-bond donors (Lipinski definition) is 0. The summed E-state index contributed by atoms with van der Waals surface area (Å²) in [6.45, 7) is 2.26. The summed E-state index contributed by atoms with van der Waals surface area (Å²) in [6, 6.07) is 0. The zero-order chi connectivity index (χ0) is 5.33. The lowest BCUT2D eigenvalue weighted by Crippen LogP contribution is -2.01. The van der Waals surface area contributed by atoms with E-state index in [2.05, 4.69) is 6.92 Å². The Morgan fingerprint density at radius 2 is 2.14 bits per heavy atom. The molecule has 1 saturated carbocycles. The van der Waals surface area contributed by atoms with Gasteiger partial charge in [0.15, 0.2) is 0 Å². The van der Waals surface area contributed by atoms with Crippen molar-refractivity contribution in [2.24, 2.45) is 5.41 Å². The Labute approximate surface area is 44.4 Å². The summed E-state index contributed by atoms with van der Waals surface area (Å²) in [5.41, 5.74) is 0.278. The number of hydrogen-bond acceptors (Lipinski definition) is 0. The van der Waals surface area contributed by atoms with Crippen LogP contribution in [0.2, 0.25) is 0 Å². The molecule has 0 unspecified atom stereocenters. The fourth-order valence-electron chi connectivity index (χ4n) is 0.777. The van der Waals surface area contributed by atoms with Gasteiger partial charge in [-0.3, -0.25) is 0 Å². The van der Waals surface area contributed by atoms with E-state index in [9.17, 15) is 5.11 Å². The average molecular weight is 99.2 g/mol. The van der Waals surface area contributed by atoms with E-state index in [1.54, 1.807) is 0 Å². The normalized spacial score (nSPS) is 24.9. The van der Waals surface area contributed by atoms with Crippen LogP contribution in [0.4, 0.5) is 0 Å². The Bertz CT molecular complexity index is 58.6. The summed E-state index contributed by atoms with van der Waals surface area (Å²) in [5, 5.41) is 10.2. The van der Waals surface area contributed by atoms with Crippen LogP contribution in [0.25, 0.3) is 0 Å². The maximum atomic E-state index is 10.2. The van der Waals surface area contributed by atoms with Gasteiger partial charge in [0.05, 0.1) is 6.61 Å². The van der Waals surface area contributed by atoms with E-state index >= 15 is 0 Å². The third-order valence-electron chi connectivity index (χ3n) is 2.01. The summed E-state index contributed by atoms with van der Waals surface area (Å²) in [7, 11) is 0. The lowest BCUT2D eigenvalue weighted by Gasteiger charge is -2.01. The van der Waals surface area contributed by atoms with Crippen LogP contribution in [0.15, 0.2) is 0 Å². The molecule has 0 aromatic heterocycles. The quantitative estimate of drug-likeness (QED) is 0.501. The Balaban J connectivity index is 2.28. The van der Waals surface area contributed by atoms with Crippen LogP contribution >= 0.6 is 0 Å². The zero-order valence-electron chi connectivity index (χ0n) is 4.74. The van der Waals surface area contributed by atoms with E-state index < -0.39 is 0 Å². The Kier molecular flexibility index (Phi) is 1.08. The molecule has 1 nitrogen and oxygen atoms in total. The van der Waals surface area contributed by atoms with Gasteiger partial charge in [0, 0.05) is 0 Å². The van der Waals surface area contributed by atoms with Gasteiger partial charge in [0.2, 0.25) is 0 Å². The van der Waals surface area contributed by atoms with Gasteiger partial charge in [-0.1, -0.05) is 6.92 Å². The first-order chi connectivity index (χ1) is 3.33. The Morgan fingerprint density at radius 1 is 1.57 bits per heavy atom. The highest BCUT2D eigenvalue weighted by molar-refractivity contribution is 4.90. The molecule has 0 aromatic rings. The molecule has 7 heavy (non-hydrogen) atoms. The highest BCUT2D eigenvalue weighted by Gasteiger charge is 2.40. The summed E-state index contributed by atoms with van der Waals surface area (Å²) in [4.78, 5) is 0. The Morgan fingerprint density at radius 3 is 2.14 bits per heavy atom. The predicted octanol–water partition coefficient (Wildman–Crippen LogP) is 1.61. The smallest absolute Gasteiger partial charge is 0.0878 e. The topological polar surface area (TPSA) is 19.9 Å². The monoisotopic (exact) mass is 99.1 g/mol. The standard InChI is InChI=1S/C6H11O/c1-2-6(5-7)3-4-6/h2-5H2,1H3. The van der Waals surface area contributed by atoms with Crippen LogP contribution in [0, 0.1) is 5.41 Å².